The molecule has 2 aromatic rings. The van der Waals surface area contributed by atoms with E-state index >= 15 is 0 Å². The Morgan fingerprint density at radius 3 is 2.93 bits per heavy atom. The topological polar surface area (TPSA) is 41.0 Å². The number of hydrogen-bond donors (Lipinski definition) is 2. The number of benzene rings is 1. The van der Waals surface area contributed by atoms with Crippen LogP contribution in [0.4, 0.5) is 0 Å². The van der Waals surface area contributed by atoms with Crippen molar-refractivity contribution < 1.29 is 5.11 Å². The number of para-hydroxylation sites is 2. The van der Waals surface area contributed by atoms with E-state index in [4.69, 9.17) is 12.2 Å². The zero-order valence-corrected chi connectivity index (χ0v) is 8.71. The first kappa shape index (κ1) is 9.43. The standard InChI is InChI=1S/C10H12N2OS/c1-7(13)6-12-9-5-3-2-4-8(9)11-10(12)14/h2-5,7,13H,6H2,1H3,(H,11,14)/t7-/m0/s1. The third-order valence-electron chi connectivity index (χ3n) is 2.13. The van der Waals surface area contributed by atoms with Crippen LogP contribution in [0, 0.1) is 4.77 Å². The van der Waals surface area contributed by atoms with Crippen LogP contribution in [-0.4, -0.2) is 20.8 Å². The maximum Gasteiger partial charge on any atom is 0.178 e. The van der Waals surface area contributed by atoms with E-state index in [1.165, 1.54) is 0 Å². The zero-order chi connectivity index (χ0) is 10.1. The van der Waals surface area contributed by atoms with Gasteiger partial charge in [-0.15, -0.1) is 0 Å². The molecular formula is C10H12N2OS. The predicted octanol–water partition coefficient (Wildman–Crippen LogP) is 2.08. The number of nitrogens with zero attached hydrogens (tertiary/aromatic N) is 1. The maximum atomic E-state index is 9.33. The number of nitrogens with one attached hydrogen (secondary N) is 1. The highest BCUT2D eigenvalue weighted by Crippen LogP contribution is 2.13. The van der Waals surface area contributed by atoms with E-state index in [1.54, 1.807) is 6.92 Å². The zero-order valence-electron chi connectivity index (χ0n) is 7.90. The van der Waals surface area contributed by atoms with Crippen LogP contribution in [0.25, 0.3) is 11.0 Å². The Bertz CT molecular complexity index is 498. The molecule has 1 atom stereocenters. The smallest absolute Gasteiger partial charge is 0.178 e. The van der Waals surface area contributed by atoms with Gasteiger partial charge in [0.15, 0.2) is 4.77 Å². The summed E-state index contributed by atoms with van der Waals surface area (Å²) in [6, 6.07) is 7.89. The molecule has 0 saturated heterocycles. The molecule has 0 bridgehead atoms. The SMILES string of the molecule is C[C@H](O)Cn1c(=S)[nH]c2ccccc21. The largest absolute Gasteiger partial charge is 0.392 e. The Balaban J connectivity index is 2.62. The van der Waals surface area contributed by atoms with Crippen molar-refractivity contribution in [3.63, 3.8) is 0 Å². The summed E-state index contributed by atoms with van der Waals surface area (Å²) in [6.45, 7) is 2.28. The fraction of sp³-hybridized carbons (Fsp3) is 0.300. The Kier molecular flexibility index (Phi) is 2.39. The third kappa shape index (κ3) is 1.58. The Morgan fingerprint density at radius 1 is 1.50 bits per heavy atom. The summed E-state index contributed by atoms with van der Waals surface area (Å²) in [4.78, 5) is 3.10. The van der Waals surface area contributed by atoms with Gasteiger partial charge in [-0.2, -0.15) is 0 Å². The molecule has 0 spiro atoms. The molecule has 0 saturated carbocycles. The van der Waals surface area contributed by atoms with Gasteiger partial charge < -0.3 is 14.7 Å². The number of aliphatic hydroxyl groups excluding tert-OH is 1. The van der Waals surface area contributed by atoms with Crippen molar-refractivity contribution in [2.45, 2.75) is 19.6 Å². The van der Waals surface area contributed by atoms with Gasteiger partial charge >= 0.3 is 0 Å². The van der Waals surface area contributed by atoms with Gasteiger partial charge in [0.1, 0.15) is 0 Å². The highest BCUT2D eigenvalue weighted by molar-refractivity contribution is 7.71. The molecule has 14 heavy (non-hydrogen) atoms. The highest BCUT2D eigenvalue weighted by atomic mass is 32.1. The summed E-state index contributed by atoms with van der Waals surface area (Å²) in [6.07, 6.45) is -0.388. The minimum atomic E-state index is -0.388. The molecule has 1 aromatic heterocycles. The van der Waals surface area contributed by atoms with Gasteiger partial charge in [0.25, 0.3) is 0 Å². The highest BCUT2D eigenvalue weighted by Gasteiger charge is 2.05. The van der Waals surface area contributed by atoms with Crippen LogP contribution in [0.3, 0.4) is 0 Å². The number of aromatic nitrogens is 2. The van der Waals surface area contributed by atoms with Gasteiger partial charge in [0.2, 0.25) is 0 Å². The molecule has 0 amide bonds. The lowest BCUT2D eigenvalue weighted by molar-refractivity contribution is 0.174. The van der Waals surface area contributed by atoms with Crippen molar-refractivity contribution >= 4 is 23.3 Å². The third-order valence-corrected chi connectivity index (χ3v) is 2.45. The molecule has 0 unspecified atom stereocenters. The molecule has 2 rings (SSSR count). The molecule has 2 N–H and O–H groups in total. The molecule has 0 aliphatic rings. The number of H-pyrrole nitrogens is 1. The number of hydrogen-bond acceptors (Lipinski definition) is 2. The second-order valence-electron chi connectivity index (χ2n) is 3.41. The van der Waals surface area contributed by atoms with E-state index < -0.39 is 0 Å². The summed E-state index contributed by atoms with van der Waals surface area (Å²) >= 11 is 5.17. The van der Waals surface area contributed by atoms with Crippen LogP contribution in [0.5, 0.6) is 0 Å². The molecule has 4 heteroatoms. The van der Waals surface area contributed by atoms with Gasteiger partial charge in [0, 0.05) is 0 Å². The maximum absolute atomic E-state index is 9.33. The van der Waals surface area contributed by atoms with Crippen molar-refractivity contribution in [1.82, 2.24) is 9.55 Å². The Hall–Kier alpha value is -1.13. The molecule has 0 aliphatic carbocycles. The van der Waals surface area contributed by atoms with E-state index in [0.29, 0.717) is 11.3 Å². The van der Waals surface area contributed by atoms with Gasteiger partial charge in [-0.25, -0.2) is 0 Å². The van der Waals surface area contributed by atoms with Crippen LogP contribution in [-0.2, 0) is 6.54 Å². The van der Waals surface area contributed by atoms with Crippen LogP contribution in [0.2, 0.25) is 0 Å². The monoisotopic (exact) mass is 208 g/mol. The first-order valence-corrected chi connectivity index (χ1v) is 4.95. The summed E-state index contributed by atoms with van der Waals surface area (Å²) in [5, 5.41) is 9.33. The molecule has 1 aromatic carbocycles. The van der Waals surface area contributed by atoms with Crippen molar-refractivity contribution in [2.24, 2.45) is 0 Å². The van der Waals surface area contributed by atoms with Gasteiger partial charge in [-0.3, -0.25) is 0 Å². The van der Waals surface area contributed by atoms with E-state index in [9.17, 15) is 5.11 Å². The normalized spacial score (nSPS) is 13.3. The molecule has 74 valence electrons. The molecule has 3 nitrogen and oxygen atoms in total. The van der Waals surface area contributed by atoms with Gasteiger partial charge in [0.05, 0.1) is 23.7 Å². The van der Waals surface area contributed by atoms with Crippen LogP contribution in [0.1, 0.15) is 6.92 Å². The first-order chi connectivity index (χ1) is 6.68. The van der Waals surface area contributed by atoms with Crippen molar-refractivity contribution in [3.8, 4) is 0 Å². The van der Waals surface area contributed by atoms with Crippen LogP contribution < -0.4 is 0 Å². The Morgan fingerprint density at radius 2 is 2.21 bits per heavy atom. The molecular weight excluding hydrogens is 196 g/mol. The second kappa shape index (κ2) is 3.55. The summed E-state index contributed by atoms with van der Waals surface area (Å²) in [5.74, 6) is 0. The molecule has 0 aliphatic heterocycles. The van der Waals surface area contributed by atoms with Crippen LogP contribution >= 0.6 is 12.2 Å². The fourth-order valence-electron chi connectivity index (χ4n) is 1.55. The number of aliphatic hydroxyl groups is 1. The van der Waals surface area contributed by atoms with Gasteiger partial charge in [-0.05, 0) is 31.3 Å². The summed E-state index contributed by atoms with van der Waals surface area (Å²) in [5.41, 5.74) is 2.05. The van der Waals surface area contributed by atoms with Crippen LogP contribution in [0.15, 0.2) is 24.3 Å². The summed E-state index contributed by atoms with van der Waals surface area (Å²) in [7, 11) is 0. The summed E-state index contributed by atoms with van der Waals surface area (Å²) < 4.78 is 2.57. The Labute approximate surface area is 87.0 Å². The van der Waals surface area contributed by atoms with Crippen molar-refractivity contribution in [3.05, 3.63) is 29.0 Å². The van der Waals surface area contributed by atoms with Gasteiger partial charge in [-0.1, -0.05) is 12.1 Å². The number of aromatic amines is 1. The molecule has 0 fully saturated rings. The van der Waals surface area contributed by atoms with E-state index in [0.717, 1.165) is 11.0 Å². The van der Waals surface area contributed by atoms with Crippen molar-refractivity contribution in [1.29, 1.82) is 0 Å². The molecule has 1 heterocycles. The minimum absolute atomic E-state index is 0.388. The van der Waals surface area contributed by atoms with E-state index in [2.05, 4.69) is 4.98 Å². The lowest BCUT2D eigenvalue weighted by atomic mass is 10.3. The predicted molar refractivity (Wildman–Crippen MR) is 58.8 cm³/mol. The van der Waals surface area contributed by atoms with E-state index in [-0.39, 0.29) is 6.10 Å². The molecule has 0 radical (unpaired) electrons. The average Bonchev–Trinajstić information content (AvgIpc) is 2.43. The van der Waals surface area contributed by atoms with Crippen molar-refractivity contribution in [2.75, 3.05) is 0 Å². The number of rotatable bonds is 2. The first-order valence-electron chi connectivity index (χ1n) is 4.54. The number of imidazole rings is 1. The lowest BCUT2D eigenvalue weighted by Gasteiger charge is -2.06. The van der Waals surface area contributed by atoms with E-state index in [1.807, 2.05) is 28.8 Å². The lowest BCUT2D eigenvalue weighted by Crippen LogP contribution is -2.11. The average molecular weight is 208 g/mol. The minimum Gasteiger partial charge on any atom is -0.392 e. The second-order valence-corrected chi connectivity index (χ2v) is 3.79. The number of fused-ring (bicyclic) bond motifs is 1. The fourth-order valence-corrected chi connectivity index (χ4v) is 1.84. The quantitative estimate of drug-likeness (QED) is 0.742.